The molecule has 1 fully saturated rings. The van der Waals surface area contributed by atoms with Gasteiger partial charge in [0, 0.05) is 12.5 Å². The van der Waals surface area contributed by atoms with E-state index in [9.17, 15) is 4.79 Å². The van der Waals surface area contributed by atoms with Crippen molar-refractivity contribution in [2.75, 3.05) is 0 Å². The summed E-state index contributed by atoms with van der Waals surface area (Å²) >= 11 is 6.09. The van der Waals surface area contributed by atoms with Crippen LogP contribution in [0.2, 0.25) is 5.02 Å². The molecule has 0 radical (unpaired) electrons. The van der Waals surface area contributed by atoms with E-state index in [1.165, 1.54) is 19.3 Å². The maximum absolute atomic E-state index is 11.9. The first-order valence-electron chi connectivity index (χ1n) is 7.07. The van der Waals surface area contributed by atoms with E-state index in [-0.39, 0.29) is 5.91 Å². The highest BCUT2D eigenvalue weighted by atomic mass is 35.5. The van der Waals surface area contributed by atoms with E-state index in [1.54, 1.807) is 0 Å². The first-order valence-corrected chi connectivity index (χ1v) is 7.44. The maximum Gasteiger partial charge on any atom is 0.222 e. The molecular weight excluding hydrogens is 262 g/mol. The largest absolute Gasteiger partial charge is 0.353 e. The molecule has 0 saturated heterocycles. The lowest BCUT2D eigenvalue weighted by Gasteiger charge is -2.22. The first kappa shape index (κ1) is 14.4. The highest BCUT2D eigenvalue weighted by Gasteiger charge is 2.16. The molecule has 1 aliphatic rings. The number of aryl methyl sites for hydroxylation is 2. The molecule has 1 heterocycles. The number of hydrogen-bond donors (Lipinski definition) is 1. The van der Waals surface area contributed by atoms with Crippen LogP contribution in [0.4, 0.5) is 0 Å². The number of aromatic nitrogens is 2. The number of hydrogen-bond acceptors (Lipinski definition) is 2. The molecule has 106 valence electrons. The van der Waals surface area contributed by atoms with E-state index in [2.05, 4.69) is 10.4 Å². The Morgan fingerprint density at radius 1 is 1.37 bits per heavy atom. The summed E-state index contributed by atoms with van der Waals surface area (Å²) in [5.41, 5.74) is 1.76. The van der Waals surface area contributed by atoms with E-state index in [0.717, 1.165) is 24.2 Å². The van der Waals surface area contributed by atoms with Gasteiger partial charge < -0.3 is 5.32 Å². The van der Waals surface area contributed by atoms with Gasteiger partial charge in [0.2, 0.25) is 5.91 Å². The lowest BCUT2D eigenvalue weighted by Crippen LogP contribution is -2.36. The Labute approximate surface area is 119 Å². The van der Waals surface area contributed by atoms with Crippen molar-refractivity contribution in [2.45, 2.75) is 65.0 Å². The Balaban J connectivity index is 1.81. The van der Waals surface area contributed by atoms with Gasteiger partial charge in [-0.25, -0.2) is 0 Å². The SMILES string of the molecule is Cc1nn(CCC(=O)NC2CCCCC2)c(C)c1Cl. The average molecular weight is 284 g/mol. The monoisotopic (exact) mass is 283 g/mol. The van der Waals surface area contributed by atoms with Crippen LogP contribution in [-0.2, 0) is 11.3 Å². The van der Waals surface area contributed by atoms with Crippen molar-refractivity contribution in [1.82, 2.24) is 15.1 Å². The number of nitrogens with zero attached hydrogens (tertiary/aromatic N) is 2. The van der Waals surface area contributed by atoms with Crippen LogP contribution in [0, 0.1) is 13.8 Å². The Bertz CT molecular complexity index is 450. The normalized spacial score (nSPS) is 16.6. The summed E-state index contributed by atoms with van der Waals surface area (Å²) < 4.78 is 1.82. The number of rotatable bonds is 4. The van der Waals surface area contributed by atoms with Gasteiger partial charge >= 0.3 is 0 Å². The van der Waals surface area contributed by atoms with Crippen LogP contribution in [0.25, 0.3) is 0 Å². The van der Waals surface area contributed by atoms with Crippen LogP contribution in [0.15, 0.2) is 0 Å². The molecule has 5 heteroatoms. The number of nitrogens with one attached hydrogen (secondary N) is 1. The summed E-state index contributed by atoms with van der Waals surface area (Å²) in [5, 5.41) is 8.15. The van der Waals surface area contributed by atoms with Gasteiger partial charge in [-0.2, -0.15) is 5.10 Å². The van der Waals surface area contributed by atoms with Gasteiger partial charge in [-0.05, 0) is 26.7 Å². The van der Waals surface area contributed by atoms with Crippen molar-refractivity contribution in [1.29, 1.82) is 0 Å². The standard InChI is InChI=1S/C14H22ClN3O/c1-10-14(15)11(2)18(17-10)9-8-13(19)16-12-6-4-3-5-7-12/h12H,3-9H2,1-2H3,(H,16,19). The molecule has 0 spiro atoms. The van der Waals surface area contributed by atoms with Crippen LogP contribution in [0.5, 0.6) is 0 Å². The summed E-state index contributed by atoms with van der Waals surface area (Å²) in [5.74, 6) is 0.121. The molecule has 0 aromatic carbocycles. The van der Waals surface area contributed by atoms with Gasteiger partial charge in [-0.15, -0.1) is 0 Å². The molecule has 1 amide bonds. The summed E-state index contributed by atoms with van der Waals surface area (Å²) in [6.45, 7) is 4.41. The van der Waals surface area contributed by atoms with E-state index < -0.39 is 0 Å². The van der Waals surface area contributed by atoms with Gasteiger partial charge in [-0.3, -0.25) is 9.48 Å². The fraction of sp³-hybridized carbons (Fsp3) is 0.714. The Hall–Kier alpha value is -1.03. The summed E-state index contributed by atoms with van der Waals surface area (Å²) in [6, 6.07) is 0.380. The highest BCUT2D eigenvalue weighted by Crippen LogP contribution is 2.19. The molecule has 1 aliphatic carbocycles. The second-order valence-electron chi connectivity index (χ2n) is 5.36. The Morgan fingerprint density at radius 3 is 2.63 bits per heavy atom. The third-order valence-corrected chi connectivity index (χ3v) is 4.36. The van der Waals surface area contributed by atoms with Crippen molar-refractivity contribution < 1.29 is 4.79 Å². The van der Waals surface area contributed by atoms with Crippen molar-refractivity contribution in [3.8, 4) is 0 Å². The van der Waals surface area contributed by atoms with Crippen molar-refractivity contribution in [2.24, 2.45) is 0 Å². The van der Waals surface area contributed by atoms with Crippen LogP contribution in [-0.4, -0.2) is 21.7 Å². The van der Waals surface area contributed by atoms with Crippen molar-refractivity contribution in [3.63, 3.8) is 0 Å². The smallest absolute Gasteiger partial charge is 0.222 e. The number of carbonyl (C=O) groups is 1. The molecule has 2 rings (SSSR count). The molecule has 0 unspecified atom stereocenters. The van der Waals surface area contributed by atoms with Crippen molar-refractivity contribution in [3.05, 3.63) is 16.4 Å². The van der Waals surface area contributed by atoms with E-state index in [0.29, 0.717) is 24.0 Å². The zero-order valence-corrected chi connectivity index (χ0v) is 12.5. The second kappa shape index (κ2) is 6.42. The van der Waals surface area contributed by atoms with Crippen LogP contribution < -0.4 is 5.32 Å². The predicted molar refractivity (Wildman–Crippen MR) is 76.3 cm³/mol. The molecule has 0 aliphatic heterocycles. The van der Waals surface area contributed by atoms with E-state index in [1.807, 2.05) is 18.5 Å². The zero-order valence-electron chi connectivity index (χ0n) is 11.7. The van der Waals surface area contributed by atoms with Crippen LogP contribution >= 0.6 is 11.6 Å². The maximum atomic E-state index is 11.9. The minimum Gasteiger partial charge on any atom is -0.353 e. The third-order valence-electron chi connectivity index (χ3n) is 3.81. The molecule has 1 aromatic rings. The minimum atomic E-state index is 0.121. The van der Waals surface area contributed by atoms with Gasteiger partial charge in [0.1, 0.15) is 0 Å². The summed E-state index contributed by atoms with van der Waals surface area (Å²) in [7, 11) is 0. The van der Waals surface area contributed by atoms with Crippen LogP contribution in [0.1, 0.15) is 49.9 Å². The van der Waals surface area contributed by atoms with Gasteiger partial charge in [-0.1, -0.05) is 30.9 Å². The fourth-order valence-corrected chi connectivity index (χ4v) is 2.78. The molecule has 0 atom stereocenters. The molecule has 19 heavy (non-hydrogen) atoms. The lowest BCUT2D eigenvalue weighted by molar-refractivity contribution is -0.122. The third kappa shape index (κ3) is 3.72. The van der Waals surface area contributed by atoms with E-state index in [4.69, 9.17) is 11.6 Å². The summed E-state index contributed by atoms with van der Waals surface area (Å²) in [6.07, 6.45) is 6.48. The Morgan fingerprint density at radius 2 is 2.05 bits per heavy atom. The number of carbonyl (C=O) groups excluding carboxylic acids is 1. The highest BCUT2D eigenvalue weighted by molar-refractivity contribution is 6.31. The molecule has 0 bridgehead atoms. The molecule has 4 nitrogen and oxygen atoms in total. The topological polar surface area (TPSA) is 46.9 Å². The van der Waals surface area contributed by atoms with Crippen molar-refractivity contribution >= 4 is 17.5 Å². The van der Waals surface area contributed by atoms with Crippen LogP contribution in [0.3, 0.4) is 0 Å². The fourth-order valence-electron chi connectivity index (χ4n) is 2.65. The molecular formula is C14H22ClN3O. The van der Waals surface area contributed by atoms with E-state index >= 15 is 0 Å². The predicted octanol–water partition coefficient (Wildman–Crippen LogP) is 2.99. The number of halogens is 1. The molecule has 1 aromatic heterocycles. The summed E-state index contributed by atoms with van der Waals surface area (Å²) in [4.78, 5) is 11.9. The minimum absolute atomic E-state index is 0.121. The van der Waals surface area contributed by atoms with Gasteiger partial charge in [0.25, 0.3) is 0 Å². The average Bonchev–Trinajstić information content (AvgIpc) is 2.65. The zero-order chi connectivity index (χ0) is 13.8. The molecule has 1 saturated carbocycles. The van der Waals surface area contributed by atoms with Gasteiger partial charge in [0.05, 0.1) is 23.0 Å². The van der Waals surface area contributed by atoms with Gasteiger partial charge in [0.15, 0.2) is 0 Å². The number of amides is 1. The Kier molecular flexibility index (Phi) is 4.86. The second-order valence-corrected chi connectivity index (χ2v) is 5.74. The lowest BCUT2D eigenvalue weighted by atomic mass is 9.95. The first-order chi connectivity index (χ1) is 9.08. The quantitative estimate of drug-likeness (QED) is 0.923. The molecule has 1 N–H and O–H groups in total.